The van der Waals surface area contributed by atoms with Crippen molar-refractivity contribution in [2.24, 2.45) is 0 Å². The Bertz CT molecular complexity index is 544. The first kappa shape index (κ1) is 8.25. The largest absolute Gasteiger partial charge is 0.361 e. The Labute approximate surface area is 74.4 Å². The van der Waals surface area contributed by atoms with E-state index in [1.54, 1.807) is 12.3 Å². The van der Waals surface area contributed by atoms with Crippen LogP contribution in [0.1, 0.15) is 0 Å². The fourth-order valence-corrected chi connectivity index (χ4v) is 1.95. The van der Waals surface area contributed by atoms with Crippen LogP contribution in [0, 0.1) is 0 Å². The monoisotopic (exact) mass is 199 g/mol. The third-order valence-electron chi connectivity index (χ3n) is 1.82. The van der Waals surface area contributed by atoms with Crippen LogP contribution in [-0.4, -0.2) is 13.4 Å². The lowest BCUT2D eigenvalue weighted by molar-refractivity contribution is 0.553. The highest BCUT2D eigenvalue weighted by molar-refractivity contribution is 7.86. The van der Waals surface area contributed by atoms with Gasteiger partial charge in [-0.1, -0.05) is 6.07 Å². The number of H-pyrrole nitrogens is 1. The summed E-state index contributed by atoms with van der Waals surface area (Å²) in [7, 11) is -4.62. The van der Waals surface area contributed by atoms with E-state index in [1.807, 2.05) is 0 Å². The molecule has 1 aromatic heterocycles. The van der Waals surface area contributed by atoms with Gasteiger partial charge in [-0.3, -0.25) is 0 Å². The van der Waals surface area contributed by atoms with E-state index in [0.29, 0.717) is 10.9 Å². The molecule has 0 bridgehead atoms. The number of benzene rings is 1. The van der Waals surface area contributed by atoms with Gasteiger partial charge in [0.1, 0.15) is 4.90 Å². The van der Waals surface area contributed by atoms with Gasteiger partial charge in [0.2, 0.25) is 0 Å². The molecule has 0 aliphatic heterocycles. The van der Waals surface area contributed by atoms with Crippen molar-refractivity contribution in [1.29, 1.82) is 0 Å². The molecule has 13 heavy (non-hydrogen) atoms. The van der Waals surface area contributed by atoms with Crippen molar-refractivity contribution in [3.63, 3.8) is 0 Å². The molecule has 0 aliphatic carbocycles. The molecule has 3 nitrogen and oxygen atoms in total. The van der Waals surface area contributed by atoms with Crippen molar-refractivity contribution in [3.8, 4) is 0 Å². The van der Waals surface area contributed by atoms with Crippen molar-refractivity contribution < 1.29 is 12.3 Å². The van der Waals surface area contributed by atoms with Gasteiger partial charge in [0.25, 0.3) is 0 Å². The number of nitrogens with one attached hydrogen (secondary N) is 1. The molecule has 0 fully saturated rings. The second kappa shape index (κ2) is 2.56. The average molecular weight is 199 g/mol. The van der Waals surface area contributed by atoms with Crippen LogP contribution in [0.15, 0.2) is 35.4 Å². The lowest BCUT2D eigenvalue weighted by atomic mass is 10.2. The molecule has 68 valence electrons. The van der Waals surface area contributed by atoms with Crippen molar-refractivity contribution in [3.05, 3.63) is 30.5 Å². The molecule has 1 aromatic carbocycles. The van der Waals surface area contributed by atoms with Gasteiger partial charge in [-0.25, -0.2) is 0 Å². The molecule has 0 spiro atoms. The molecule has 2 rings (SSSR count). The van der Waals surface area contributed by atoms with Gasteiger partial charge >= 0.3 is 10.2 Å². The van der Waals surface area contributed by atoms with E-state index in [0.717, 1.165) is 0 Å². The maximum absolute atomic E-state index is 12.7. The zero-order valence-electron chi connectivity index (χ0n) is 6.49. The standard InChI is InChI=1S/C8H6FNO2S/c9-13(11,12)8-3-1-2-7-6(8)4-5-10-7/h1-5,10H. The normalized spacial score (nSPS) is 12.1. The second-order valence-electron chi connectivity index (χ2n) is 2.63. The SMILES string of the molecule is O=S(=O)(F)c1cccc2[nH]ccc12. The number of aromatic nitrogens is 1. The number of halogens is 1. The molecule has 0 radical (unpaired) electrons. The minimum Gasteiger partial charge on any atom is -0.361 e. The molecule has 0 aliphatic rings. The van der Waals surface area contributed by atoms with Gasteiger partial charge in [0, 0.05) is 17.1 Å². The van der Waals surface area contributed by atoms with E-state index in [-0.39, 0.29) is 4.90 Å². The summed E-state index contributed by atoms with van der Waals surface area (Å²) >= 11 is 0. The summed E-state index contributed by atoms with van der Waals surface area (Å²) in [5.41, 5.74) is 0.610. The molecule has 5 heteroatoms. The van der Waals surface area contributed by atoms with Crippen LogP contribution in [0.25, 0.3) is 10.9 Å². The summed E-state index contributed by atoms with van der Waals surface area (Å²) < 4.78 is 34.0. The van der Waals surface area contributed by atoms with E-state index in [1.165, 1.54) is 18.2 Å². The predicted octanol–water partition coefficient (Wildman–Crippen LogP) is 1.83. The van der Waals surface area contributed by atoms with Crippen molar-refractivity contribution in [1.82, 2.24) is 4.98 Å². The fourth-order valence-electron chi connectivity index (χ4n) is 1.27. The fraction of sp³-hybridized carbons (Fsp3) is 0. The van der Waals surface area contributed by atoms with Crippen molar-refractivity contribution in [2.45, 2.75) is 4.90 Å². The topological polar surface area (TPSA) is 49.9 Å². The summed E-state index contributed by atoms with van der Waals surface area (Å²) in [5, 5.41) is 0.380. The minimum atomic E-state index is -4.62. The van der Waals surface area contributed by atoms with E-state index < -0.39 is 10.2 Å². The lowest BCUT2D eigenvalue weighted by Crippen LogP contribution is -1.91. The molecule has 0 atom stereocenters. The third kappa shape index (κ3) is 1.31. The maximum atomic E-state index is 12.7. The zero-order chi connectivity index (χ0) is 9.47. The van der Waals surface area contributed by atoms with Crippen LogP contribution in [0.5, 0.6) is 0 Å². The predicted molar refractivity (Wildman–Crippen MR) is 46.6 cm³/mol. The van der Waals surface area contributed by atoms with Gasteiger partial charge in [-0.15, -0.1) is 3.89 Å². The van der Waals surface area contributed by atoms with Crippen LogP contribution in [0.4, 0.5) is 3.89 Å². The van der Waals surface area contributed by atoms with E-state index in [2.05, 4.69) is 4.98 Å². The van der Waals surface area contributed by atoms with Crippen LogP contribution in [-0.2, 0) is 10.2 Å². The van der Waals surface area contributed by atoms with Crippen LogP contribution in [0.3, 0.4) is 0 Å². The van der Waals surface area contributed by atoms with Gasteiger partial charge in [-0.2, -0.15) is 8.42 Å². The Kier molecular flexibility index (Phi) is 1.63. The number of aromatic amines is 1. The van der Waals surface area contributed by atoms with Crippen molar-refractivity contribution >= 4 is 21.1 Å². The third-order valence-corrected chi connectivity index (χ3v) is 2.70. The van der Waals surface area contributed by atoms with E-state index in [9.17, 15) is 12.3 Å². The summed E-state index contributed by atoms with van der Waals surface area (Å²) in [6.45, 7) is 0. The lowest BCUT2D eigenvalue weighted by Gasteiger charge is -1.95. The van der Waals surface area contributed by atoms with Gasteiger partial charge in [0.15, 0.2) is 0 Å². The van der Waals surface area contributed by atoms with Crippen LogP contribution in [0.2, 0.25) is 0 Å². The molecule has 0 amide bonds. The van der Waals surface area contributed by atoms with E-state index in [4.69, 9.17) is 0 Å². The first-order valence-corrected chi connectivity index (χ1v) is 4.98. The first-order valence-electron chi connectivity index (χ1n) is 3.60. The summed E-state index contributed by atoms with van der Waals surface area (Å²) in [4.78, 5) is 2.52. The quantitative estimate of drug-likeness (QED) is 0.712. The maximum Gasteiger partial charge on any atom is 0.332 e. The molecule has 2 aromatic rings. The highest BCUT2D eigenvalue weighted by Gasteiger charge is 2.15. The highest BCUT2D eigenvalue weighted by atomic mass is 32.3. The minimum absolute atomic E-state index is 0.286. The molecule has 1 heterocycles. The Morgan fingerprint density at radius 2 is 2.00 bits per heavy atom. The summed E-state index contributed by atoms with van der Waals surface area (Å²) in [6.07, 6.45) is 1.57. The van der Waals surface area contributed by atoms with Gasteiger partial charge in [0.05, 0.1) is 0 Å². The second-order valence-corrected chi connectivity index (χ2v) is 3.95. The van der Waals surface area contributed by atoms with Crippen molar-refractivity contribution in [2.75, 3.05) is 0 Å². The number of hydrogen-bond donors (Lipinski definition) is 1. The molecule has 0 unspecified atom stereocenters. The Morgan fingerprint density at radius 3 is 2.69 bits per heavy atom. The molecule has 0 saturated carbocycles. The zero-order valence-corrected chi connectivity index (χ0v) is 7.31. The molecular formula is C8H6FNO2S. The van der Waals surface area contributed by atoms with Crippen LogP contribution >= 0.6 is 0 Å². The first-order chi connectivity index (χ1) is 6.09. The van der Waals surface area contributed by atoms with Gasteiger partial charge < -0.3 is 4.98 Å². The summed E-state index contributed by atoms with van der Waals surface area (Å²) in [5.74, 6) is 0. The summed E-state index contributed by atoms with van der Waals surface area (Å²) in [6, 6.07) is 5.95. The Morgan fingerprint density at radius 1 is 1.23 bits per heavy atom. The van der Waals surface area contributed by atoms with E-state index >= 15 is 0 Å². The molecular weight excluding hydrogens is 193 g/mol. The Balaban J connectivity index is 2.91. The number of hydrogen-bond acceptors (Lipinski definition) is 2. The average Bonchev–Trinajstić information content (AvgIpc) is 2.48. The Hall–Kier alpha value is -1.36. The van der Waals surface area contributed by atoms with Gasteiger partial charge in [-0.05, 0) is 18.2 Å². The number of fused-ring (bicyclic) bond motifs is 1. The molecule has 0 saturated heterocycles. The molecule has 1 N–H and O–H groups in total. The van der Waals surface area contributed by atoms with Crippen LogP contribution < -0.4 is 0 Å². The number of rotatable bonds is 1. The highest BCUT2D eigenvalue weighted by Crippen LogP contribution is 2.23. The smallest absolute Gasteiger partial charge is 0.332 e.